The first kappa shape index (κ1) is 53.8. The lowest BCUT2D eigenvalue weighted by Gasteiger charge is -2.23. The molecule has 13 heteroatoms. The van der Waals surface area contributed by atoms with Crippen LogP contribution in [-0.2, 0) is 94.3 Å². The highest BCUT2D eigenvalue weighted by molar-refractivity contribution is 5.94. The van der Waals surface area contributed by atoms with E-state index in [0.717, 1.165) is 85.0 Å². The molecule has 0 saturated carbocycles. The van der Waals surface area contributed by atoms with Gasteiger partial charge in [-0.05, 0) is 125 Å². The molecule has 0 atom stereocenters. The van der Waals surface area contributed by atoms with Crippen molar-refractivity contribution in [2.45, 2.75) is 90.4 Å². The number of Topliss-reactive ketones (excluding diaryl/α,β-unsaturated/α-hetero) is 1. The van der Waals surface area contributed by atoms with Crippen molar-refractivity contribution in [1.29, 1.82) is 0 Å². The maximum absolute atomic E-state index is 12.3. The summed E-state index contributed by atoms with van der Waals surface area (Å²) in [6, 6.07) is 17.1. The van der Waals surface area contributed by atoms with Gasteiger partial charge in [-0.3, -0.25) is 9.59 Å². The SMILES string of the molecule is C=CC(=O)OCCCc1cc2c(OC)c(c1)Cc1cc(CCCOC(=O)C=C)cc(c1OC)Cc1cc(CCCOC(=O)CC(C)=O)cc(c1OC)Cc1cc(CCCOC(=O)C=C)cc(c1OC)C2. The van der Waals surface area contributed by atoms with E-state index in [9.17, 15) is 24.0 Å². The van der Waals surface area contributed by atoms with E-state index in [2.05, 4.69) is 68.3 Å². The monoisotopic (exact) mass is 958 g/mol. The maximum Gasteiger partial charge on any atom is 0.330 e. The molecule has 4 aromatic rings. The number of aryl methyl sites for hydroxylation is 4. The summed E-state index contributed by atoms with van der Waals surface area (Å²) in [6.07, 6.45) is 9.56. The van der Waals surface area contributed by atoms with E-state index in [1.807, 2.05) is 0 Å². The zero-order valence-electron chi connectivity index (χ0n) is 41.3. The summed E-state index contributed by atoms with van der Waals surface area (Å²) in [7, 11) is 6.69. The minimum Gasteiger partial charge on any atom is -0.496 e. The van der Waals surface area contributed by atoms with E-state index in [-0.39, 0.29) is 38.6 Å². The number of ether oxygens (including phenoxy) is 8. The molecule has 13 nitrogen and oxygen atoms in total. The average Bonchev–Trinajstić information content (AvgIpc) is 3.33. The van der Waals surface area contributed by atoms with Crippen LogP contribution in [0.3, 0.4) is 0 Å². The van der Waals surface area contributed by atoms with Crippen molar-refractivity contribution < 1.29 is 61.9 Å². The Bertz CT molecular complexity index is 2420. The van der Waals surface area contributed by atoms with Gasteiger partial charge in [-0.2, -0.15) is 0 Å². The summed E-state index contributed by atoms with van der Waals surface area (Å²) in [5, 5.41) is 0. The first-order valence-corrected chi connectivity index (χ1v) is 23.6. The minimum absolute atomic E-state index is 0.152. The molecule has 1 aliphatic carbocycles. The topological polar surface area (TPSA) is 159 Å². The number of rotatable bonds is 25. The van der Waals surface area contributed by atoms with E-state index in [0.29, 0.717) is 100 Å². The molecule has 0 aromatic heterocycles. The molecule has 4 aromatic carbocycles. The van der Waals surface area contributed by atoms with E-state index in [1.165, 1.54) is 6.92 Å². The Kier molecular flexibility index (Phi) is 20.9. The lowest BCUT2D eigenvalue weighted by atomic mass is 9.87. The summed E-state index contributed by atoms with van der Waals surface area (Å²) in [6.45, 7) is 12.7. The quantitative estimate of drug-likeness (QED) is 0.0180. The molecule has 0 aliphatic heterocycles. The van der Waals surface area contributed by atoms with Gasteiger partial charge in [-0.15, -0.1) is 0 Å². The number of methoxy groups -OCH3 is 4. The van der Waals surface area contributed by atoms with E-state index >= 15 is 0 Å². The van der Waals surface area contributed by atoms with Crippen LogP contribution in [0.5, 0.6) is 23.0 Å². The van der Waals surface area contributed by atoms with Gasteiger partial charge in [0.05, 0.1) is 54.9 Å². The van der Waals surface area contributed by atoms with Crippen LogP contribution >= 0.6 is 0 Å². The molecule has 0 amide bonds. The fourth-order valence-corrected chi connectivity index (χ4v) is 9.04. The van der Waals surface area contributed by atoms with E-state index in [1.54, 1.807) is 28.4 Å². The summed E-state index contributed by atoms with van der Waals surface area (Å²) < 4.78 is 46.8. The van der Waals surface area contributed by atoms with Gasteiger partial charge in [0.1, 0.15) is 35.2 Å². The van der Waals surface area contributed by atoms with Gasteiger partial charge >= 0.3 is 23.9 Å². The number of fused-ring (bicyclic) bond motifs is 8. The molecule has 0 heterocycles. The van der Waals surface area contributed by atoms with Crippen molar-refractivity contribution in [3.05, 3.63) is 153 Å². The van der Waals surface area contributed by atoms with Crippen molar-refractivity contribution in [3.63, 3.8) is 0 Å². The number of hydrogen-bond acceptors (Lipinski definition) is 13. The molecule has 70 heavy (non-hydrogen) atoms. The highest BCUT2D eigenvalue weighted by atomic mass is 16.5. The van der Waals surface area contributed by atoms with Crippen molar-refractivity contribution in [2.24, 2.45) is 0 Å². The number of benzene rings is 4. The fraction of sp³-hybridized carbons (Fsp3) is 0.386. The van der Waals surface area contributed by atoms with Crippen LogP contribution in [0.4, 0.5) is 0 Å². The van der Waals surface area contributed by atoms with Gasteiger partial charge in [-0.1, -0.05) is 68.3 Å². The summed E-state index contributed by atoms with van der Waals surface area (Å²) in [5.74, 6) is 0.605. The lowest BCUT2D eigenvalue weighted by molar-refractivity contribution is -0.146. The summed E-state index contributed by atoms with van der Waals surface area (Å²) in [4.78, 5) is 59.6. The summed E-state index contributed by atoms with van der Waals surface area (Å²) in [5.41, 5.74) is 11.4. The van der Waals surface area contributed by atoms with Gasteiger partial charge < -0.3 is 37.9 Å². The molecule has 0 unspecified atom stereocenters. The predicted octanol–water partition coefficient (Wildman–Crippen LogP) is 8.84. The van der Waals surface area contributed by atoms with E-state index < -0.39 is 23.9 Å². The molecule has 5 rings (SSSR count). The van der Waals surface area contributed by atoms with Gasteiger partial charge in [0.2, 0.25) is 0 Å². The molecule has 8 bridgehead atoms. The first-order chi connectivity index (χ1) is 33.8. The van der Waals surface area contributed by atoms with E-state index in [4.69, 9.17) is 37.9 Å². The normalized spacial score (nSPS) is 11.6. The lowest BCUT2D eigenvalue weighted by Crippen LogP contribution is -2.11. The average molecular weight is 959 g/mol. The molecule has 1 aliphatic rings. The van der Waals surface area contributed by atoms with Gasteiger partial charge in [0, 0.05) is 43.9 Å². The number of esters is 4. The van der Waals surface area contributed by atoms with Crippen LogP contribution in [-0.4, -0.2) is 84.5 Å². The number of hydrogen-bond donors (Lipinski definition) is 0. The number of ketones is 1. The van der Waals surface area contributed by atoms with Gasteiger partial charge in [-0.25, -0.2) is 14.4 Å². The zero-order chi connectivity index (χ0) is 50.6. The smallest absolute Gasteiger partial charge is 0.330 e. The molecule has 0 radical (unpaired) electrons. The van der Waals surface area contributed by atoms with Crippen molar-refractivity contribution in [2.75, 3.05) is 54.9 Å². The van der Waals surface area contributed by atoms with Crippen LogP contribution in [0.1, 0.15) is 106 Å². The van der Waals surface area contributed by atoms with Crippen LogP contribution in [0.25, 0.3) is 0 Å². The molecule has 372 valence electrons. The molecule has 0 spiro atoms. The highest BCUT2D eigenvalue weighted by Gasteiger charge is 2.24. The Balaban J connectivity index is 1.74. The van der Waals surface area contributed by atoms with Gasteiger partial charge in [0.25, 0.3) is 0 Å². The molecular formula is C57H66O13. The van der Waals surface area contributed by atoms with Gasteiger partial charge in [0.15, 0.2) is 0 Å². The molecule has 0 N–H and O–H groups in total. The third-order valence-corrected chi connectivity index (χ3v) is 11.9. The largest absolute Gasteiger partial charge is 0.496 e. The van der Waals surface area contributed by atoms with Crippen molar-refractivity contribution in [1.82, 2.24) is 0 Å². The molecule has 0 fully saturated rings. The van der Waals surface area contributed by atoms with Crippen LogP contribution < -0.4 is 18.9 Å². The highest BCUT2D eigenvalue weighted by Crippen LogP contribution is 2.41. The van der Waals surface area contributed by atoms with Crippen LogP contribution in [0, 0.1) is 0 Å². The summed E-state index contributed by atoms with van der Waals surface area (Å²) >= 11 is 0. The Labute approximate surface area is 411 Å². The second-order valence-electron chi connectivity index (χ2n) is 17.1. The Morgan fingerprint density at radius 2 is 0.643 bits per heavy atom. The van der Waals surface area contributed by atoms with Crippen LogP contribution in [0.15, 0.2) is 86.5 Å². The second-order valence-corrected chi connectivity index (χ2v) is 17.1. The second kappa shape index (κ2) is 27.1. The standard InChI is InChI=1S/C57H66O13/c1-9-50(59)67-20-12-16-38-25-42-33-44-27-39(17-13-21-68-51(60)10-2)29-46(55(44)64-6)35-48-31-41(19-15-23-70-53(62)24-37(4)58)32-49(57(48)66-8)36-47-30-40(18-14-22-69-52(61)11-3)28-45(56(47)65-7)34-43(26-38)54(42)63-5/h9-11,25-32H,1-3,12-24,33-36H2,4-8H3. The molecule has 0 saturated heterocycles. The Hall–Kier alpha value is -7.15. The number of carbonyl (C=O) groups is 5. The first-order valence-electron chi connectivity index (χ1n) is 23.6. The van der Waals surface area contributed by atoms with Crippen molar-refractivity contribution in [3.8, 4) is 23.0 Å². The van der Waals surface area contributed by atoms with Crippen molar-refractivity contribution >= 4 is 29.7 Å². The third-order valence-electron chi connectivity index (χ3n) is 11.9. The number of carbonyl (C=O) groups excluding carboxylic acids is 5. The zero-order valence-corrected chi connectivity index (χ0v) is 41.3. The Morgan fingerprint density at radius 1 is 0.414 bits per heavy atom. The minimum atomic E-state index is -0.549. The maximum atomic E-state index is 12.3. The predicted molar refractivity (Wildman–Crippen MR) is 266 cm³/mol. The fourth-order valence-electron chi connectivity index (χ4n) is 9.04. The third kappa shape index (κ3) is 15.4. The van der Waals surface area contributed by atoms with Crippen LogP contribution in [0.2, 0.25) is 0 Å². The Morgan fingerprint density at radius 3 is 0.843 bits per heavy atom. The molecular weight excluding hydrogens is 893 g/mol.